The lowest BCUT2D eigenvalue weighted by atomic mass is 10.0. The second-order valence-corrected chi connectivity index (χ2v) is 4.41. The van der Waals surface area contributed by atoms with E-state index in [-0.39, 0.29) is 5.56 Å². The highest BCUT2D eigenvalue weighted by Crippen LogP contribution is 2.37. The molecule has 0 saturated carbocycles. The van der Waals surface area contributed by atoms with Crippen molar-refractivity contribution in [3.63, 3.8) is 0 Å². The van der Waals surface area contributed by atoms with E-state index in [1.807, 2.05) is 6.92 Å². The van der Waals surface area contributed by atoms with E-state index < -0.39 is 11.7 Å². The highest BCUT2D eigenvalue weighted by atomic mass is 79.9. The third kappa shape index (κ3) is 2.29. The van der Waals surface area contributed by atoms with Crippen LogP contribution in [-0.4, -0.2) is 9.55 Å². The lowest BCUT2D eigenvalue weighted by Crippen LogP contribution is -2.08. The molecule has 0 aliphatic carbocycles. The van der Waals surface area contributed by atoms with Crippen LogP contribution in [0.15, 0.2) is 35.2 Å². The van der Waals surface area contributed by atoms with Crippen LogP contribution in [0.5, 0.6) is 0 Å². The van der Waals surface area contributed by atoms with Gasteiger partial charge < -0.3 is 4.57 Å². The molecule has 0 N–H and O–H groups in total. The molecule has 2 nitrogen and oxygen atoms in total. The maximum atomic E-state index is 12.9. The molecular formula is C12H10BrF3N2. The summed E-state index contributed by atoms with van der Waals surface area (Å²) < 4.78 is 41.0. The Morgan fingerprint density at radius 1 is 1.28 bits per heavy atom. The Balaban J connectivity index is 2.64. The van der Waals surface area contributed by atoms with Crippen molar-refractivity contribution in [2.45, 2.75) is 19.6 Å². The van der Waals surface area contributed by atoms with Crippen LogP contribution in [0.2, 0.25) is 0 Å². The van der Waals surface area contributed by atoms with Gasteiger partial charge >= 0.3 is 6.18 Å². The standard InChI is InChI=1S/C12H10BrF3N2/c1-2-18-10(7-17-11(18)13)8-5-3-4-6-9(8)12(14,15)16/h3-7H,2H2,1H3. The van der Waals surface area contributed by atoms with Gasteiger partial charge in [-0.15, -0.1) is 0 Å². The second kappa shape index (κ2) is 4.76. The predicted molar refractivity (Wildman–Crippen MR) is 66.0 cm³/mol. The normalized spacial score (nSPS) is 11.8. The zero-order valence-electron chi connectivity index (χ0n) is 9.50. The third-order valence-electron chi connectivity index (χ3n) is 2.63. The van der Waals surface area contributed by atoms with Crippen LogP contribution in [0, 0.1) is 0 Å². The summed E-state index contributed by atoms with van der Waals surface area (Å²) in [7, 11) is 0. The Kier molecular flexibility index (Phi) is 3.47. The summed E-state index contributed by atoms with van der Waals surface area (Å²) >= 11 is 3.22. The van der Waals surface area contributed by atoms with Crippen LogP contribution in [0.3, 0.4) is 0 Å². The average Bonchev–Trinajstić information content (AvgIpc) is 2.69. The van der Waals surface area contributed by atoms with E-state index in [0.717, 1.165) is 6.07 Å². The fourth-order valence-electron chi connectivity index (χ4n) is 1.82. The number of alkyl halides is 3. The molecule has 18 heavy (non-hydrogen) atoms. The van der Waals surface area contributed by atoms with E-state index >= 15 is 0 Å². The van der Waals surface area contributed by atoms with Gasteiger partial charge in [0.15, 0.2) is 4.73 Å². The molecule has 1 aromatic carbocycles. The molecular weight excluding hydrogens is 309 g/mol. The number of aromatic nitrogens is 2. The maximum absolute atomic E-state index is 12.9. The number of nitrogens with zero attached hydrogens (tertiary/aromatic N) is 2. The van der Waals surface area contributed by atoms with Crippen molar-refractivity contribution >= 4 is 15.9 Å². The Morgan fingerprint density at radius 3 is 2.56 bits per heavy atom. The highest BCUT2D eigenvalue weighted by molar-refractivity contribution is 9.10. The SMILES string of the molecule is CCn1c(-c2ccccc2C(F)(F)F)cnc1Br. The summed E-state index contributed by atoms with van der Waals surface area (Å²) in [5, 5.41) is 0. The molecule has 2 aromatic rings. The molecule has 0 atom stereocenters. The van der Waals surface area contributed by atoms with Gasteiger partial charge in [-0.1, -0.05) is 18.2 Å². The van der Waals surface area contributed by atoms with E-state index in [2.05, 4.69) is 20.9 Å². The topological polar surface area (TPSA) is 17.8 Å². The molecule has 2 rings (SSSR count). The van der Waals surface area contributed by atoms with E-state index in [9.17, 15) is 13.2 Å². The zero-order valence-corrected chi connectivity index (χ0v) is 11.1. The Hall–Kier alpha value is -1.30. The van der Waals surface area contributed by atoms with Crippen molar-refractivity contribution in [2.75, 3.05) is 0 Å². The van der Waals surface area contributed by atoms with Gasteiger partial charge in [0.2, 0.25) is 0 Å². The predicted octanol–water partition coefficient (Wildman–Crippen LogP) is 4.35. The van der Waals surface area contributed by atoms with Gasteiger partial charge in [-0.3, -0.25) is 0 Å². The summed E-state index contributed by atoms with van der Waals surface area (Å²) in [6.45, 7) is 2.40. The third-order valence-corrected chi connectivity index (χ3v) is 3.26. The van der Waals surface area contributed by atoms with Gasteiger partial charge in [-0.2, -0.15) is 13.2 Å². The smallest absolute Gasteiger partial charge is 0.319 e. The van der Waals surface area contributed by atoms with Gasteiger partial charge in [0.1, 0.15) is 0 Å². The molecule has 0 amide bonds. The summed E-state index contributed by atoms with van der Waals surface area (Å²) in [6.07, 6.45) is -2.93. The van der Waals surface area contributed by atoms with Crippen molar-refractivity contribution < 1.29 is 13.2 Å². The fourth-order valence-corrected chi connectivity index (χ4v) is 2.37. The summed E-state index contributed by atoms with van der Waals surface area (Å²) in [5.41, 5.74) is -0.0468. The molecule has 0 saturated heterocycles. The molecule has 6 heteroatoms. The molecule has 96 valence electrons. The first-order chi connectivity index (χ1) is 8.45. The molecule has 0 aliphatic heterocycles. The van der Waals surface area contributed by atoms with Crippen molar-refractivity contribution in [2.24, 2.45) is 0 Å². The van der Waals surface area contributed by atoms with E-state index in [1.165, 1.54) is 18.3 Å². The highest BCUT2D eigenvalue weighted by Gasteiger charge is 2.34. The van der Waals surface area contributed by atoms with Crippen LogP contribution in [0.1, 0.15) is 12.5 Å². The monoisotopic (exact) mass is 318 g/mol. The minimum absolute atomic E-state index is 0.144. The number of rotatable bonds is 2. The van der Waals surface area contributed by atoms with E-state index in [4.69, 9.17) is 0 Å². The number of halogens is 4. The second-order valence-electron chi connectivity index (χ2n) is 3.70. The molecule has 0 radical (unpaired) electrons. The summed E-state index contributed by atoms with van der Waals surface area (Å²) in [6, 6.07) is 5.51. The van der Waals surface area contributed by atoms with Crippen LogP contribution in [-0.2, 0) is 12.7 Å². The zero-order chi connectivity index (χ0) is 13.3. The summed E-state index contributed by atoms with van der Waals surface area (Å²) in [5.74, 6) is 0. The minimum atomic E-state index is -4.37. The average molecular weight is 319 g/mol. The van der Waals surface area contributed by atoms with Gasteiger partial charge in [0.05, 0.1) is 17.5 Å². The summed E-state index contributed by atoms with van der Waals surface area (Å²) in [4.78, 5) is 4.00. The van der Waals surface area contributed by atoms with Crippen molar-refractivity contribution in [3.8, 4) is 11.3 Å². The molecule has 1 aromatic heterocycles. The number of hydrogen-bond acceptors (Lipinski definition) is 1. The quantitative estimate of drug-likeness (QED) is 0.804. The van der Waals surface area contributed by atoms with Crippen LogP contribution >= 0.6 is 15.9 Å². The Labute approximate surface area is 111 Å². The van der Waals surface area contributed by atoms with Crippen LogP contribution in [0.4, 0.5) is 13.2 Å². The van der Waals surface area contributed by atoms with Crippen LogP contribution < -0.4 is 0 Å². The maximum Gasteiger partial charge on any atom is 0.417 e. The van der Waals surface area contributed by atoms with Gasteiger partial charge in [-0.25, -0.2) is 4.98 Å². The molecule has 0 fully saturated rings. The van der Waals surface area contributed by atoms with Crippen molar-refractivity contribution in [1.29, 1.82) is 0 Å². The Bertz CT molecular complexity index is 561. The molecule has 0 spiro atoms. The first kappa shape index (κ1) is 13.1. The largest absolute Gasteiger partial charge is 0.417 e. The number of imidazole rings is 1. The van der Waals surface area contributed by atoms with Gasteiger partial charge in [-0.05, 0) is 28.9 Å². The first-order valence-corrected chi connectivity index (χ1v) is 6.12. The lowest BCUT2D eigenvalue weighted by Gasteiger charge is -2.13. The number of benzene rings is 1. The fraction of sp³-hybridized carbons (Fsp3) is 0.250. The molecule has 0 bridgehead atoms. The molecule has 0 unspecified atom stereocenters. The van der Waals surface area contributed by atoms with E-state index in [0.29, 0.717) is 17.0 Å². The van der Waals surface area contributed by atoms with Gasteiger partial charge in [0, 0.05) is 12.1 Å². The molecule has 0 aliphatic rings. The van der Waals surface area contributed by atoms with E-state index in [1.54, 1.807) is 10.6 Å². The Morgan fingerprint density at radius 2 is 1.94 bits per heavy atom. The minimum Gasteiger partial charge on any atom is -0.319 e. The van der Waals surface area contributed by atoms with Gasteiger partial charge in [0.25, 0.3) is 0 Å². The van der Waals surface area contributed by atoms with Crippen LogP contribution in [0.25, 0.3) is 11.3 Å². The lowest BCUT2D eigenvalue weighted by molar-refractivity contribution is -0.137. The van der Waals surface area contributed by atoms with Crippen molar-refractivity contribution in [1.82, 2.24) is 9.55 Å². The number of hydrogen-bond donors (Lipinski definition) is 0. The van der Waals surface area contributed by atoms with Crippen molar-refractivity contribution in [3.05, 3.63) is 40.8 Å². The molecule has 1 heterocycles. The first-order valence-electron chi connectivity index (χ1n) is 5.32.